The third-order valence-corrected chi connectivity index (χ3v) is 6.90. The van der Waals surface area contributed by atoms with Gasteiger partial charge in [0.25, 0.3) is 0 Å². The number of para-hydroxylation sites is 1. The van der Waals surface area contributed by atoms with Crippen LogP contribution in [0.3, 0.4) is 0 Å². The number of hydrogen-bond donors (Lipinski definition) is 1. The first kappa shape index (κ1) is 20.1. The molecule has 5 nitrogen and oxygen atoms in total. The number of benzene rings is 2. The monoisotopic (exact) mass is 433 g/mol. The molecule has 0 bridgehead atoms. The molecule has 160 valence electrons. The molecule has 3 heterocycles. The highest BCUT2D eigenvalue weighted by atomic mass is 32.1. The van der Waals surface area contributed by atoms with Gasteiger partial charge in [0.05, 0.1) is 24.7 Å². The minimum absolute atomic E-state index is 0.114. The number of nitrogens with zero attached hydrogens (tertiary/aromatic N) is 2. The predicted octanol–water partition coefficient (Wildman–Crippen LogP) is 4.46. The summed E-state index contributed by atoms with van der Waals surface area (Å²) in [6.45, 7) is 3.44. The van der Waals surface area contributed by atoms with E-state index >= 15 is 0 Å². The van der Waals surface area contributed by atoms with Crippen molar-refractivity contribution in [2.45, 2.75) is 38.3 Å². The van der Waals surface area contributed by atoms with E-state index in [0.717, 1.165) is 46.9 Å². The molecule has 1 fully saturated rings. The third kappa shape index (κ3) is 3.30. The SMILES string of the molecule is CCCCN1CC(=S)N2[C@@H](c3ccc(OC)cc3)c3[nH]c4ccccc4c3C[C@H]2C1=O. The second-order valence-electron chi connectivity index (χ2n) is 8.37. The lowest BCUT2D eigenvalue weighted by Gasteiger charge is -2.48. The summed E-state index contributed by atoms with van der Waals surface area (Å²) in [6, 6.07) is 16.1. The summed E-state index contributed by atoms with van der Waals surface area (Å²) >= 11 is 5.91. The predicted molar refractivity (Wildman–Crippen MR) is 127 cm³/mol. The molecule has 6 heteroatoms. The van der Waals surface area contributed by atoms with Crippen LogP contribution >= 0.6 is 12.2 Å². The fourth-order valence-electron chi connectivity index (χ4n) is 4.99. The zero-order valence-corrected chi connectivity index (χ0v) is 18.7. The number of H-pyrrole nitrogens is 1. The van der Waals surface area contributed by atoms with E-state index in [1.807, 2.05) is 23.1 Å². The lowest BCUT2D eigenvalue weighted by atomic mass is 9.86. The van der Waals surface area contributed by atoms with Gasteiger partial charge >= 0.3 is 0 Å². The second kappa shape index (κ2) is 8.00. The number of nitrogens with one attached hydrogen (secondary N) is 1. The summed E-state index contributed by atoms with van der Waals surface area (Å²) in [5.41, 5.74) is 4.58. The molecule has 1 N–H and O–H groups in total. The van der Waals surface area contributed by atoms with Gasteiger partial charge in [-0.25, -0.2) is 0 Å². The minimum Gasteiger partial charge on any atom is -0.497 e. The van der Waals surface area contributed by atoms with Crippen LogP contribution in [0.4, 0.5) is 0 Å². The van der Waals surface area contributed by atoms with Crippen molar-refractivity contribution < 1.29 is 9.53 Å². The Labute approximate surface area is 188 Å². The first-order chi connectivity index (χ1) is 15.1. The molecule has 2 atom stereocenters. The van der Waals surface area contributed by atoms with Crippen molar-refractivity contribution in [1.29, 1.82) is 0 Å². The standard InChI is InChI=1S/C25H27N3O2S/c1-3-4-13-27-15-22(31)28-21(25(27)29)14-19-18-7-5-6-8-20(18)26-23(19)24(28)16-9-11-17(30-2)12-10-16/h5-12,21,24,26H,3-4,13-15H2,1-2H3/t21-,24-/m0/s1. The van der Waals surface area contributed by atoms with Crippen molar-refractivity contribution >= 4 is 34.0 Å². The first-order valence-corrected chi connectivity index (χ1v) is 11.4. The van der Waals surface area contributed by atoms with Crippen molar-refractivity contribution in [2.24, 2.45) is 0 Å². The van der Waals surface area contributed by atoms with Gasteiger partial charge in [-0.1, -0.05) is 55.9 Å². The van der Waals surface area contributed by atoms with E-state index in [9.17, 15) is 4.79 Å². The van der Waals surface area contributed by atoms with Crippen LogP contribution < -0.4 is 4.74 Å². The number of unbranched alkanes of at least 4 members (excludes halogenated alkanes) is 1. The van der Waals surface area contributed by atoms with Crippen molar-refractivity contribution in [3.05, 3.63) is 65.4 Å². The number of rotatable bonds is 5. The van der Waals surface area contributed by atoms with E-state index in [-0.39, 0.29) is 18.0 Å². The topological polar surface area (TPSA) is 48.6 Å². The van der Waals surface area contributed by atoms with E-state index in [1.165, 1.54) is 10.9 Å². The Bertz CT molecular complexity index is 1140. The molecular weight excluding hydrogens is 406 g/mol. The molecule has 1 aromatic heterocycles. The van der Waals surface area contributed by atoms with Crippen LogP contribution in [-0.2, 0) is 11.2 Å². The Morgan fingerprint density at radius 2 is 1.94 bits per heavy atom. The quantitative estimate of drug-likeness (QED) is 0.604. The normalized spacial score (nSPS) is 20.7. The lowest BCUT2D eigenvalue weighted by molar-refractivity contribution is -0.137. The fraction of sp³-hybridized carbons (Fsp3) is 0.360. The van der Waals surface area contributed by atoms with E-state index in [1.54, 1.807) is 7.11 Å². The van der Waals surface area contributed by atoms with Gasteiger partial charge in [-0.2, -0.15) is 0 Å². The third-order valence-electron chi connectivity index (χ3n) is 6.56. The average Bonchev–Trinajstić information content (AvgIpc) is 3.17. The molecule has 31 heavy (non-hydrogen) atoms. The van der Waals surface area contributed by atoms with Crippen molar-refractivity contribution in [3.8, 4) is 5.75 Å². The molecule has 2 aliphatic heterocycles. The second-order valence-corrected chi connectivity index (χ2v) is 8.84. The number of hydrogen-bond acceptors (Lipinski definition) is 3. The van der Waals surface area contributed by atoms with Gasteiger partial charge in [0, 0.05) is 29.6 Å². The number of carbonyl (C=O) groups is 1. The van der Waals surface area contributed by atoms with E-state index < -0.39 is 0 Å². The number of fused-ring (bicyclic) bond motifs is 4. The minimum atomic E-state index is -0.267. The number of piperazine rings is 1. The van der Waals surface area contributed by atoms with E-state index in [4.69, 9.17) is 17.0 Å². The Morgan fingerprint density at radius 3 is 2.68 bits per heavy atom. The Hall–Kier alpha value is -2.86. The number of ether oxygens (including phenoxy) is 1. The maximum atomic E-state index is 13.6. The van der Waals surface area contributed by atoms with E-state index in [0.29, 0.717) is 13.0 Å². The van der Waals surface area contributed by atoms with Gasteiger partial charge < -0.3 is 19.5 Å². The van der Waals surface area contributed by atoms with Crippen molar-refractivity contribution in [2.75, 3.05) is 20.2 Å². The largest absolute Gasteiger partial charge is 0.497 e. The number of aromatic amines is 1. The van der Waals surface area contributed by atoms with E-state index in [2.05, 4.69) is 47.1 Å². The smallest absolute Gasteiger partial charge is 0.246 e. The number of carbonyl (C=O) groups excluding carboxylic acids is 1. The van der Waals surface area contributed by atoms with Crippen LogP contribution in [0, 0.1) is 0 Å². The molecule has 2 aromatic carbocycles. The first-order valence-electron chi connectivity index (χ1n) is 11.0. The number of methoxy groups -OCH3 is 1. The highest BCUT2D eigenvalue weighted by molar-refractivity contribution is 7.80. The zero-order valence-electron chi connectivity index (χ0n) is 17.9. The number of amides is 1. The number of aromatic nitrogens is 1. The van der Waals surface area contributed by atoms with Crippen LogP contribution in [0.1, 0.15) is 42.6 Å². The average molecular weight is 434 g/mol. The van der Waals surface area contributed by atoms with Crippen LogP contribution in [0.2, 0.25) is 0 Å². The highest BCUT2D eigenvalue weighted by Crippen LogP contribution is 2.43. The summed E-state index contributed by atoms with van der Waals surface area (Å²) in [5.74, 6) is 1.01. The molecule has 0 saturated carbocycles. The molecule has 5 rings (SSSR count). The molecule has 1 amide bonds. The van der Waals surface area contributed by atoms with Crippen LogP contribution in [-0.4, -0.2) is 51.9 Å². The molecule has 2 aliphatic rings. The Balaban J connectivity index is 1.65. The van der Waals surface area contributed by atoms with Gasteiger partial charge in [-0.3, -0.25) is 4.79 Å². The van der Waals surface area contributed by atoms with Crippen LogP contribution in [0.15, 0.2) is 48.5 Å². The van der Waals surface area contributed by atoms with Gasteiger partial charge in [-0.05, 0) is 35.7 Å². The molecule has 0 spiro atoms. The maximum Gasteiger partial charge on any atom is 0.246 e. The van der Waals surface area contributed by atoms with Crippen LogP contribution in [0.5, 0.6) is 5.75 Å². The Morgan fingerprint density at radius 1 is 1.16 bits per heavy atom. The zero-order chi connectivity index (χ0) is 21.5. The molecule has 3 aromatic rings. The maximum absolute atomic E-state index is 13.6. The van der Waals surface area contributed by atoms with Gasteiger partial charge in [0.1, 0.15) is 11.8 Å². The summed E-state index contributed by atoms with van der Waals surface area (Å²) < 4.78 is 5.36. The van der Waals surface area contributed by atoms with Crippen molar-refractivity contribution in [1.82, 2.24) is 14.8 Å². The summed E-state index contributed by atoms with van der Waals surface area (Å²) in [4.78, 5) is 22.2. The summed E-state index contributed by atoms with van der Waals surface area (Å²) in [6.07, 6.45) is 2.74. The molecule has 0 radical (unpaired) electrons. The summed E-state index contributed by atoms with van der Waals surface area (Å²) in [5, 5.41) is 1.19. The van der Waals surface area contributed by atoms with Crippen molar-refractivity contribution in [3.63, 3.8) is 0 Å². The number of thiocarbonyl (C=S) groups is 1. The molecule has 0 unspecified atom stereocenters. The molecule has 0 aliphatic carbocycles. The fourth-order valence-corrected chi connectivity index (χ4v) is 5.38. The van der Waals surface area contributed by atoms with Gasteiger partial charge in [0.15, 0.2) is 0 Å². The van der Waals surface area contributed by atoms with Gasteiger partial charge in [-0.15, -0.1) is 0 Å². The van der Waals surface area contributed by atoms with Crippen LogP contribution in [0.25, 0.3) is 10.9 Å². The summed E-state index contributed by atoms with van der Waals surface area (Å²) in [7, 11) is 1.67. The molecular formula is C25H27N3O2S. The lowest BCUT2D eigenvalue weighted by Crippen LogP contribution is -2.62. The molecule has 1 saturated heterocycles. The van der Waals surface area contributed by atoms with Gasteiger partial charge in [0.2, 0.25) is 5.91 Å². The highest BCUT2D eigenvalue weighted by Gasteiger charge is 2.46. The Kier molecular flexibility index (Phi) is 5.18.